The summed E-state index contributed by atoms with van der Waals surface area (Å²) in [7, 11) is 1.34. The van der Waals surface area contributed by atoms with Crippen LogP contribution in [0.5, 0.6) is 0 Å². The first-order valence-corrected chi connectivity index (χ1v) is 6.29. The molecule has 0 unspecified atom stereocenters. The van der Waals surface area contributed by atoms with Gasteiger partial charge in [0.2, 0.25) is 0 Å². The van der Waals surface area contributed by atoms with Crippen LogP contribution < -0.4 is 16.2 Å². The molecule has 8 nitrogen and oxygen atoms in total. The number of hydrogen-bond acceptors (Lipinski definition) is 6. The van der Waals surface area contributed by atoms with Crippen molar-refractivity contribution in [3.05, 3.63) is 11.0 Å². The molecule has 1 heterocycles. The summed E-state index contributed by atoms with van der Waals surface area (Å²) in [6.45, 7) is 2.45. The van der Waals surface area contributed by atoms with Crippen molar-refractivity contribution in [1.29, 1.82) is 0 Å². The molecule has 0 radical (unpaired) electrons. The van der Waals surface area contributed by atoms with E-state index < -0.39 is 23.6 Å². The molecule has 0 aromatic rings. The van der Waals surface area contributed by atoms with E-state index in [1.165, 1.54) is 7.05 Å². The lowest BCUT2D eigenvalue weighted by molar-refractivity contribution is -0.142. The number of imide groups is 1. The molecule has 9 heteroatoms. The molecular weight excluding hydrogens is 272 g/mol. The molecule has 4 amide bonds. The normalized spacial score (nSPS) is 13.9. The highest BCUT2D eigenvalue weighted by Crippen LogP contribution is 2.22. The van der Waals surface area contributed by atoms with Gasteiger partial charge in [0, 0.05) is 19.7 Å². The Morgan fingerprint density at radius 1 is 1.42 bits per heavy atom. The largest absolute Gasteiger partial charge is 0.324 e. The van der Waals surface area contributed by atoms with Crippen LogP contribution in [0.1, 0.15) is 13.3 Å². The number of hydrogen-bond donors (Lipinski definition) is 3. The van der Waals surface area contributed by atoms with Crippen molar-refractivity contribution in [2.45, 2.75) is 13.3 Å². The summed E-state index contributed by atoms with van der Waals surface area (Å²) in [4.78, 5) is 45.3. The summed E-state index contributed by atoms with van der Waals surface area (Å²) in [5, 5.41) is 2.04. The van der Waals surface area contributed by atoms with Gasteiger partial charge in [-0.15, -0.1) is 0 Å². The van der Waals surface area contributed by atoms with E-state index in [1.807, 2.05) is 12.2 Å². The van der Waals surface area contributed by atoms with Crippen LogP contribution in [0.25, 0.3) is 0 Å². The fourth-order valence-corrected chi connectivity index (χ4v) is 1.87. The minimum atomic E-state index is -0.839. The first-order valence-electron chi connectivity index (χ1n) is 5.51. The quantitative estimate of drug-likeness (QED) is 0.190. The smallest absolute Gasteiger partial charge is 0.288 e. The topological polar surface area (TPSA) is 108 Å². The molecule has 0 saturated carbocycles. The number of likely N-dealkylation sites (N-methyl/N-ethyl adjacent to an activating group) is 1. The van der Waals surface area contributed by atoms with Crippen molar-refractivity contribution in [1.82, 2.24) is 20.5 Å². The number of carbonyl (C=O) groups excluding carboxylic acids is 4. The van der Waals surface area contributed by atoms with E-state index in [0.29, 0.717) is 6.54 Å². The van der Waals surface area contributed by atoms with Gasteiger partial charge in [-0.3, -0.25) is 34.2 Å². The van der Waals surface area contributed by atoms with Crippen LogP contribution in [0.4, 0.5) is 0 Å². The molecule has 0 atom stereocenters. The van der Waals surface area contributed by atoms with Gasteiger partial charge in [0.15, 0.2) is 0 Å². The van der Waals surface area contributed by atoms with Crippen molar-refractivity contribution in [2.24, 2.45) is 0 Å². The molecule has 0 saturated heterocycles. The monoisotopic (exact) mass is 286 g/mol. The van der Waals surface area contributed by atoms with Crippen LogP contribution in [0, 0.1) is 0 Å². The maximum Gasteiger partial charge on any atom is 0.324 e. The number of carbonyl (C=O) groups is 4. The van der Waals surface area contributed by atoms with Gasteiger partial charge in [0.05, 0.1) is 4.91 Å². The molecule has 1 aliphatic rings. The third-order valence-corrected chi connectivity index (χ3v) is 2.95. The molecule has 104 valence electrons. The lowest BCUT2D eigenvalue weighted by atomic mass is 10.5. The molecule has 0 fully saturated rings. The Labute approximate surface area is 114 Å². The van der Waals surface area contributed by atoms with Crippen LogP contribution in [-0.2, 0) is 19.2 Å². The van der Waals surface area contributed by atoms with Crippen molar-refractivity contribution < 1.29 is 19.2 Å². The van der Waals surface area contributed by atoms with Gasteiger partial charge in [-0.25, -0.2) is 5.43 Å². The zero-order chi connectivity index (χ0) is 14.4. The average molecular weight is 286 g/mol. The van der Waals surface area contributed by atoms with Gasteiger partial charge in [0.25, 0.3) is 11.8 Å². The Bertz CT molecular complexity index is 449. The molecular formula is C10H14N4O4S. The minimum Gasteiger partial charge on any atom is -0.288 e. The fourth-order valence-electron chi connectivity index (χ4n) is 1.12. The van der Waals surface area contributed by atoms with Gasteiger partial charge in [-0.05, 0) is 18.4 Å². The van der Waals surface area contributed by atoms with Gasteiger partial charge in [0.1, 0.15) is 0 Å². The Morgan fingerprint density at radius 2 is 2.11 bits per heavy atom. The predicted molar refractivity (Wildman–Crippen MR) is 68.0 cm³/mol. The Kier molecular flexibility index (Phi) is 5.52. The summed E-state index contributed by atoms with van der Waals surface area (Å²) in [6, 6.07) is 0. The van der Waals surface area contributed by atoms with Crippen molar-refractivity contribution in [3.63, 3.8) is 0 Å². The third kappa shape index (κ3) is 4.38. The lowest BCUT2D eigenvalue weighted by Gasteiger charge is -2.14. The summed E-state index contributed by atoms with van der Waals surface area (Å²) in [6.07, 6.45) is 1.87. The van der Waals surface area contributed by atoms with E-state index in [0.717, 1.165) is 28.7 Å². The molecule has 0 spiro atoms. The average Bonchev–Trinajstić information content (AvgIpc) is 2.67. The van der Waals surface area contributed by atoms with Crippen LogP contribution in [-0.4, -0.2) is 41.5 Å². The second-order valence-corrected chi connectivity index (χ2v) is 4.77. The van der Waals surface area contributed by atoms with Crippen molar-refractivity contribution in [2.75, 3.05) is 13.6 Å². The van der Waals surface area contributed by atoms with Gasteiger partial charge in [-0.2, -0.15) is 0 Å². The summed E-state index contributed by atoms with van der Waals surface area (Å²) in [5.41, 5.74) is 4.80. The zero-order valence-corrected chi connectivity index (χ0v) is 11.3. The zero-order valence-electron chi connectivity index (χ0n) is 10.5. The second kappa shape index (κ2) is 6.90. The first-order chi connectivity index (χ1) is 8.95. The van der Waals surface area contributed by atoms with Crippen LogP contribution in [0.3, 0.4) is 0 Å². The number of nitrogens with zero attached hydrogens (tertiary/aromatic N) is 1. The van der Waals surface area contributed by atoms with Gasteiger partial charge < -0.3 is 0 Å². The van der Waals surface area contributed by atoms with E-state index in [2.05, 4.69) is 10.9 Å². The summed E-state index contributed by atoms with van der Waals surface area (Å²) < 4.78 is 0.979. The maximum atomic E-state index is 11.6. The molecule has 0 bridgehead atoms. The van der Waals surface area contributed by atoms with Crippen LogP contribution in [0.2, 0.25) is 0 Å². The number of hydrazine groups is 1. The number of amides is 4. The molecule has 1 rings (SSSR count). The van der Waals surface area contributed by atoms with Crippen LogP contribution in [0.15, 0.2) is 11.0 Å². The summed E-state index contributed by atoms with van der Waals surface area (Å²) >= 11 is 0.718. The molecule has 0 aromatic carbocycles. The van der Waals surface area contributed by atoms with E-state index in [4.69, 9.17) is 0 Å². The predicted octanol–water partition coefficient (Wildman–Crippen LogP) is -1.34. The maximum absolute atomic E-state index is 11.6. The van der Waals surface area contributed by atoms with Gasteiger partial charge in [-0.1, -0.05) is 6.92 Å². The van der Waals surface area contributed by atoms with E-state index in [9.17, 15) is 19.2 Å². The molecule has 3 N–H and O–H groups in total. The Morgan fingerprint density at radius 3 is 2.63 bits per heavy atom. The minimum absolute atomic E-state index is 0.0650. The van der Waals surface area contributed by atoms with Gasteiger partial charge >= 0.3 is 11.8 Å². The molecule has 0 aromatic heterocycles. The van der Waals surface area contributed by atoms with E-state index in [-0.39, 0.29) is 4.91 Å². The van der Waals surface area contributed by atoms with Crippen LogP contribution >= 0.6 is 11.9 Å². The van der Waals surface area contributed by atoms with Crippen molar-refractivity contribution >= 4 is 35.6 Å². The molecule has 0 aliphatic carbocycles. The van der Waals surface area contributed by atoms with E-state index >= 15 is 0 Å². The Balaban J connectivity index is 2.49. The molecule has 1 aliphatic heterocycles. The highest BCUT2D eigenvalue weighted by Gasteiger charge is 2.26. The fraction of sp³-hybridized carbons (Fsp3) is 0.400. The standard InChI is InChI=1S/C10H14N4O4S/c1-3-4-11-13-9(17)10(18)14(2)19-6-5-7(15)12-8(6)16/h5,11H,3-4H2,1-2H3,(H,13,17)(H,12,15,16). The SMILES string of the molecule is CCCNNC(=O)C(=O)N(C)SC1=CC(=O)NC1=O. The number of rotatable bonds is 5. The highest BCUT2D eigenvalue weighted by atomic mass is 32.2. The third-order valence-electron chi connectivity index (χ3n) is 2.02. The number of nitrogens with one attached hydrogen (secondary N) is 3. The summed E-state index contributed by atoms with van der Waals surface area (Å²) in [5.74, 6) is -2.79. The first kappa shape index (κ1) is 15.2. The van der Waals surface area contributed by atoms with E-state index in [1.54, 1.807) is 0 Å². The molecule has 19 heavy (non-hydrogen) atoms. The Hall–Kier alpha value is -1.87. The van der Waals surface area contributed by atoms with Crippen molar-refractivity contribution in [3.8, 4) is 0 Å². The highest BCUT2D eigenvalue weighted by molar-refractivity contribution is 8.02. The lowest BCUT2D eigenvalue weighted by Crippen LogP contribution is -2.45. The second-order valence-electron chi connectivity index (χ2n) is 3.60.